The van der Waals surface area contributed by atoms with E-state index in [4.69, 9.17) is 9.72 Å². The van der Waals surface area contributed by atoms with E-state index >= 15 is 0 Å². The lowest BCUT2D eigenvalue weighted by atomic mass is 9.96. The number of fused-ring (bicyclic) bond motifs is 3. The quantitative estimate of drug-likeness (QED) is 0.522. The normalized spacial score (nSPS) is 22.0. The fraction of sp³-hybridized carbons (Fsp3) is 0.407. The first-order valence-electron chi connectivity index (χ1n) is 12.2. The van der Waals surface area contributed by atoms with Gasteiger partial charge in [-0.3, -0.25) is 4.79 Å². The van der Waals surface area contributed by atoms with Crippen LogP contribution in [0.5, 0.6) is 5.75 Å². The predicted molar refractivity (Wildman–Crippen MR) is 134 cm³/mol. The van der Waals surface area contributed by atoms with Crippen LogP contribution in [-0.4, -0.2) is 45.2 Å². The summed E-state index contributed by atoms with van der Waals surface area (Å²) < 4.78 is 7.42. The lowest BCUT2D eigenvalue weighted by Gasteiger charge is -2.40. The van der Waals surface area contributed by atoms with Crippen LogP contribution >= 0.6 is 0 Å². The Labute approximate surface area is 205 Å². The Bertz CT molecular complexity index is 1280. The van der Waals surface area contributed by atoms with Crippen LogP contribution in [-0.2, 0) is 4.79 Å². The molecule has 8 heteroatoms. The molecule has 8 nitrogen and oxygen atoms in total. The molecule has 3 unspecified atom stereocenters. The van der Waals surface area contributed by atoms with E-state index < -0.39 is 0 Å². The van der Waals surface area contributed by atoms with Crippen LogP contribution in [0.3, 0.4) is 0 Å². The van der Waals surface area contributed by atoms with Crippen molar-refractivity contribution >= 4 is 17.2 Å². The molecule has 2 bridgehead atoms. The number of nitrogens with one attached hydrogen (secondary N) is 1. The molecule has 3 aromatic rings. The Morgan fingerprint density at radius 1 is 1.34 bits per heavy atom. The maximum Gasteiger partial charge on any atom is 0.226 e. The number of piperidine rings is 1. The van der Waals surface area contributed by atoms with E-state index in [0.717, 1.165) is 48.1 Å². The molecule has 1 amide bonds. The van der Waals surface area contributed by atoms with Crippen LogP contribution in [0.1, 0.15) is 45.1 Å². The van der Waals surface area contributed by atoms with E-state index in [2.05, 4.69) is 40.1 Å². The Balaban J connectivity index is 1.39. The first kappa shape index (κ1) is 22.9. The van der Waals surface area contributed by atoms with Gasteiger partial charge in [0.2, 0.25) is 5.91 Å². The Kier molecular flexibility index (Phi) is 6.16. The van der Waals surface area contributed by atoms with Gasteiger partial charge in [-0.1, -0.05) is 13.0 Å². The van der Waals surface area contributed by atoms with Gasteiger partial charge in [-0.25, -0.2) is 9.50 Å². The van der Waals surface area contributed by atoms with Gasteiger partial charge in [0, 0.05) is 35.4 Å². The lowest BCUT2D eigenvalue weighted by Crippen LogP contribution is -2.51. The van der Waals surface area contributed by atoms with Crippen molar-refractivity contribution in [3.05, 3.63) is 55.0 Å². The van der Waals surface area contributed by atoms with Gasteiger partial charge >= 0.3 is 0 Å². The Hall–Kier alpha value is -3.86. The topological polar surface area (TPSA) is 95.5 Å². The largest absolute Gasteiger partial charge is 0.492 e. The summed E-state index contributed by atoms with van der Waals surface area (Å²) in [7, 11) is 0. The van der Waals surface area contributed by atoms with Crippen molar-refractivity contribution in [2.45, 2.75) is 57.7 Å². The fourth-order valence-electron chi connectivity index (χ4n) is 5.45. The molecule has 0 spiro atoms. The number of aromatic nitrogens is 3. The molecule has 0 aromatic carbocycles. The summed E-state index contributed by atoms with van der Waals surface area (Å²) in [5.74, 6) is 1.53. The number of nitrogens with zero attached hydrogens (tertiary/aromatic N) is 5. The molecule has 2 fully saturated rings. The highest BCUT2D eigenvalue weighted by atomic mass is 16.5. The van der Waals surface area contributed by atoms with Gasteiger partial charge in [-0.2, -0.15) is 10.4 Å². The molecule has 3 aromatic heterocycles. The van der Waals surface area contributed by atoms with Crippen LogP contribution < -0.4 is 15.0 Å². The highest BCUT2D eigenvalue weighted by molar-refractivity contribution is 5.85. The number of hydrogen-bond acceptors (Lipinski definition) is 6. The number of hydrogen-bond donors (Lipinski definition) is 1. The third kappa shape index (κ3) is 4.23. The SMILES string of the molecule is C=CC(C)C(=O)NC1CC2CCC(C1)N2c1ccc(-c2cc(OCC)cn3ncc(C#N)c23)cn1. The van der Waals surface area contributed by atoms with Crippen LogP contribution in [0.15, 0.2) is 49.4 Å². The van der Waals surface area contributed by atoms with Gasteiger partial charge in [0.15, 0.2) is 0 Å². The van der Waals surface area contributed by atoms with Crippen molar-refractivity contribution in [1.29, 1.82) is 5.26 Å². The summed E-state index contributed by atoms with van der Waals surface area (Å²) in [5, 5.41) is 17.1. The average Bonchev–Trinajstić information content (AvgIpc) is 3.41. The minimum absolute atomic E-state index is 0.0533. The molecule has 3 atom stereocenters. The molecule has 0 aliphatic carbocycles. The summed E-state index contributed by atoms with van der Waals surface area (Å²) in [6.07, 6.45) is 11.0. The number of pyridine rings is 2. The number of carbonyl (C=O) groups is 1. The third-order valence-corrected chi connectivity index (χ3v) is 7.19. The zero-order valence-electron chi connectivity index (χ0n) is 20.1. The molecule has 0 saturated carbocycles. The van der Waals surface area contributed by atoms with E-state index in [-0.39, 0.29) is 17.9 Å². The third-order valence-electron chi connectivity index (χ3n) is 7.19. The van der Waals surface area contributed by atoms with Crippen molar-refractivity contribution in [3.63, 3.8) is 0 Å². The van der Waals surface area contributed by atoms with Crippen molar-refractivity contribution in [2.24, 2.45) is 5.92 Å². The van der Waals surface area contributed by atoms with E-state index in [1.54, 1.807) is 23.0 Å². The number of ether oxygens (including phenoxy) is 1. The predicted octanol–water partition coefficient (Wildman–Crippen LogP) is 4.10. The number of nitriles is 1. The highest BCUT2D eigenvalue weighted by Crippen LogP contribution is 2.39. The first-order chi connectivity index (χ1) is 17.0. The Morgan fingerprint density at radius 2 is 2.11 bits per heavy atom. The molecule has 35 heavy (non-hydrogen) atoms. The molecule has 2 aliphatic heterocycles. The molecule has 5 rings (SSSR count). The smallest absolute Gasteiger partial charge is 0.226 e. The monoisotopic (exact) mass is 470 g/mol. The first-order valence-corrected chi connectivity index (χ1v) is 12.2. The van der Waals surface area contributed by atoms with Gasteiger partial charge in [0.05, 0.1) is 36.0 Å². The standard InChI is InChI=1S/C27H30N6O2/c1-4-17(3)27(34)31-20-10-21-7-8-22(11-20)33(21)25-9-6-18(14-29-25)24-12-23(35-5-2)16-32-26(24)19(13-28)15-30-32/h4,6,9,12,14-17,20-22H,1,5,7-8,10-11H2,2-3H3,(H,31,34). The number of rotatable bonds is 7. The average molecular weight is 471 g/mol. The summed E-state index contributed by atoms with van der Waals surface area (Å²) in [4.78, 5) is 19.6. The molecule has 1 N–H and O–H groups in total. The van der Waals surface area contributed by atoms with Crippen LogP contribution in [0.25, 0.3) is 16.6 Å². The molecule has 0 radical (unpaired) electrons. The summed E-state index contributed by atoms with van der Waals surface area (Å²) >= 11 is 0. The second-order valence-electron chi connectivity index (χ2n) is 9.38. The van der Waals surface area contributed by atoms with Crippen LogP contribution in [0.4, 0.5) is 5.82 Å². The summed E-state index contributed by atoms with van der Waals surface area (Å²) in [6.45, 7) is 8.08. The maximum atomic E-state index is 12.3. The van der Waals surface area contributed by atoms with E-state index in [9.17, 15) is 10.1 Å². The molecule has 180 valence electrons. The second kappa shape index (κ2) is 9.41. The van der Waals surface area contributed by atoms with Gasteiger partial charge in [-0.05, 0) is 50.8 Å². The molecular formula is C27H30N6O2. The Morgan fingerprint density at radius 3 is 2.74 bits per heavy atom. The number of amides is 1. The highest BCUT2D eigenvalue weighted by Gasteiger charge is 2.41. The second-order valence-corrected chi connectivity index (χ2v) is 9.38. The van der Waals surface area contributed by atoms with Crippen molar-refractivity contribution < 1.29 is 9.53 Å². The van der Waals surface area contributed by atoms with Crippen molar-refractivity contribution in [2.75, 3.05) is 11.5 Å². The zero-order valence-corrected chi connectivity index (χ0v) is 20.1. The van der Waals surface area contributed by atoms with Gasteiger partial charge < -0.3 is 15.0 Å². The van der Waals surface area contributed by atoms with Crippen LogP contribution in [0, 0.1) is 17.2 Å². The minimum atomic E-state index is -0.176. The number of anilines is 1. The van der Waals surface area contributed by atoms with Gasteiger partial charge in [0.1, 0.15) is 17.6 Å². The zero-order chi connectivity index (χ0) is 24.5. The molecule has 2 aliphatic rings. The van der Waals surface area contributed by atoms with Crippen LogP contribution in [0.2, 0.25) is 0 Å². The molecule has 5 heterocycles. The van der Waals surface area contributed by atoms with Crippen molar-refractivity contribution in [1.82, 2.24) is 19.9 Å². The van der Waals surface area contributed by atoms with E-state index in [0.29, 0.717) is 30.0 Å². The summed E-state index contributed by atoms with van der Waals surface area (Å²) in [5.41, 5.74) is 3.03. The molecular weight excluding hydrogens is 440 g/mol. The van der Waals surface area contributed by atoms with Crippen molar-refractivity contribution in [3.8, 4) is 22.9 Å². The molecule has 2 saturated heterocycles. The fourth-order valence-corrected chi connectivity index (χ4v) is 5.45. The van der Waals surface area contributed by atoms with Gasteiger partial charge in [0.25, 0.3) is 0 Å². The minimum Gasteiger partial charge on any atom is -0.492 e. The summed E-state index contributed by atoms with van der Waals surface area (Å²) in [6, 6.07) is 9.22. The van der Waals surface area contributed by atoms with E-state index in [1.807, 2.05) is 26.1 Å². The maximum absolute atomic E-state index is 12.3. The number of carbonyl (C=O) groups excluding carboxylic acids is 1. The van der Waals surface area contributed by atoms with Gasteiger partial charge in [-0.15, -0.1) is 6.58 Å². The lowest BCUT2D eigenvalue weighted by molar-refractivity contribution is -0.124. The van der Waals surface area contributed by atoms with E-state index in [1.165, 1.54) is 0 Å².